The fraction of sp³-hybridized carbons (Fsp3) is 0.333. The average Bonchev–Trinajstić information content (AvgIpc) is 2.59. The van der Waals surface area contributed by atoms with Crippen molar-refractivity contribution in [2.75, 3.05) is 0 Å². The first-order valence-electron chi connectivity index (χ1n) is 5.34. The smallest absolute Gasteiger partial charge is 0.345 e. The number of H-pyrrole nitrogens is 1. The highest BCUT2D eigenvalue weighted by molar-refractivity contribution is 5.68. The molecule has 1 aliphatic rings. The normalized spacial score (nSPS) is 18.0. The predicted octanol–water partition coefficient (Wildman–Crippen LogP) is 2.00. The van der Waals surface area contributed by atoms with E-state index in [1.165, 1.54) is 0 Å². The Morgan fingerprint density at radius 2 is 2.38 bits per heavy atom. The largest absolute Gasteiger partial charge is 0.466 e. The monoisotopic (exact) mass is 216 g/mol. The predicted molar refractivity (Wildman–Crippen MR) is 59.4 cm³/mol. The van der Waals surface area contributed by atoms with E-state index in [-0.39, 0.29) is 5.69 Å². The third-order valence-corrected chi connectivity index (χ3v) is 3.07. The van der Waals surface area contributed by atoms with Gasteiger partial charge in [0.15, 0.2) is 0 Å². The fourth-order valence-corrected chi connectivity index (χ4v) is 2.31. The number of rotatable bonds is 0. The molecule has 0 aliphatic heterocycles. The zero-order valence-electron chi connectivity index (χ0n) is 9.20. The quantitative estimate of drug-likeness (QED) is 0.732. The Labute approximate surface area is 92.3 Å². The molecule has 0 saturated heterocycles. The van der Waals surface area contributed by atoms with Crippen molar-refractivity contribution in [3.8, 4) is 11.3 Å². The van der Waals surface area contributed by atoms with E-state index in [1.54, 1.807) is 6.20 Å². The van der Waals surface area contributed by atoms with Crippen LogP contribution in [0.3, 0.4) is 0 Å². The summed E-state index contributed by atoms with van der Waals surface area (Å²) in [7, 11) is 0. The summed E-state index contributed by atoms with van der Waals surface area (Å²) in [5.41, 5.74) is 2.65. The number of hydrogen-bond acceptors (Lipinski definition) is 3. The number of nitrogens with one attached hydrogen (secondary N) is 1. The van der Waals surface area contributed by atoms with Crippen LogP contribution in [0.4, 0.5) is 0 Å². The molecule has 0 bridgehead atoms. The van der Waals surface area contributed by atoms with Crippen LogP contribution in [0.25, 0.3) is 11.3 Å². The summed E-state index contributed by atoms with van der Waals surface area (Å²) in [5, 5.41) is 0. The van der Waals surface area contributed by atoms with Crippen LogP contribution in [0.15, 0.2) is 21.5 Å². The zero-order chi connectivity index (χ0) is 11.3. The molecule has 0 amide bonds. The molecule has 4 heteroatoms. The molecule has 1 aliphatic carbocycles. The molecule has 4 nitrogen and oxygen atoms in total. The van der Waals surface area contributed by atoms with Gasteiger partial charge < -0.3 is 9.40 Å². The van der Waals surface area contributed by atoms with E-state index in [2.05, 4.69) is 16.9 Å². The molecule has 16 heavy (non-hydrogen) atoms. The van der Waals surface area contributed by atoms with Gasteiger partial charge in [0.1, 0.15) is 11.5 Å². The minimum atomic E-state index is -0.308. The van der Waals surface area contributed by atoms with Crippen molar-refractivity contribution in [2.45, 2.75) is 26.2 Å². The standard InChI is InChI=1S/C12H12N2O2/c1-6-3-10-8(4-7(2)16-10)11-9(6)5-13-12(15)14-11/h4-6H,3H2,1-2H3,(H,13,14,15). The Morgan fingerprint density at radius 1 is 1.56 bits per heavy atom. The maximum atomic E-state index is 11.3. The topological polar surface area (TPSA) is 58.9 Å². The number of furan rings is 1. The van der Waals surface area contributed by atoms with Crippen LogP contribution in [0.5, 0.6) is 0 Å². The number of aromatic amines is 1. The van der Waals surface area contributed by atoms with Crippen molar-refractivity contribution in [2.24, 2.45) is 0 Å². The Balaban J connectivity index is 2.33. The molecule has 0 fully saturated rings. The minimum Gasteiger partial charge on any atom is -0.466 e. The zero-order valence-corrected chi connectivity index (χ0v) is 9.20. The van der Waals surface area contributed by atoms with Crippen LogP contribution in [-0.2, 0) is 6.42 Å². The highest BCUT2D eigenvalue weighted by Crippen LogP contribution is 2.38. The van der Waals surface area contributed by atoms with E-state index < -0.39 is 0 Å². The third-order valence-electron chi connectivity index (χ3n) is 3.07. The molecule has 3 rings (SSSR count). The van der Waals surface area contributed by atoms with Gasteiger partial charge in [-0.05, 0) is 24.5 Å². The van der Waals surface area contributed by atoms with E-state index in [0.717, 1.165) is 34.8 Å². The van der Waals surface area contributed by atoms with Crippen molar-refractivity contribution in [3.63, 3.8) is 0 Å². The van der Waals surface area contributed by atoms with Crippen molar-refractivity contribution < 1.29 is 4.42 Å². The first kappa shape index (κ1) is 9.39. The Hall–Kier alpha value is -1.84. The van der Waals surface area contributed by atoms with Gasteiger partial charge in [-0.25, -0.2) is 9.78 Å². The average molecular weight is 216 g/mol. The van der Waals surface area contributed by atoms with Crippen LogP contribution in [0.2, 0.25) is 0 Å². The molecular formula is C12H12N2O2. The Bertz CT molecular complexity index is 610. The van der Waals surface area contributed by atoms with Crippen LogP contribution in [0.1, 0.15) is 29.9 Å². The van der Waals surface area contributed by atoms with Crippen molar-refractivity contribution in [1.29, 1.82) is 0 Å². The molecule has 2 heterocycles. The summed E-state index contributed by atoms with van der Waals surface area (Å²) >= 11 is 0. The number of aryl methyl sites for hydroxylation is 1. The molecule has 2 aromatic rings. The molecule has 0 aromatic carbocycles. The van der Waals surface area contributed by atoms with Crippen LogP contribution < -0.4 is 5.69 Å². The summed E-state index contributed by atoms with van der Waals surface area (Å²) < 4.78 is 5.63. The summed E-state index contributed by atoms with van der Waals surface area (Å²) in [6.45, 7) is 4.03. The molecule has 1 unspecified atom stereocenters. The summed E-state index contributed by atoms with van der Waals surface area (Å²) in [5.74, 6) is 2.17. The molecule has 0 radical (unpaired) electrons. The Kier molecular flexibility index (Phi) is 1.80. The maximum absolute atomic E-state index is 11.3. The number of aromatic nitrogens is 2. The van der Waals surface area contributed by atoms with E-state index in [1.807, 2.05) is 13.0 Å². The summed E-state index contributed by atoms with van der Waals surface area (Å²) in [6.07, 6.45) is 2.54. The van der Waals surface area contributed by atoms with Crippen molar-refractivity contribution in [3.05, 3.63) is 39.8 Å². The van der Waals surface area contributed by atoms with Gasteiger partial charge in [0.2, 0.25) is 0 Å². The third kappa shape index (κ3) is 1.23. The van der Waals surface area contributed by atoms with E-state index in [9.17, 15) is 4.79 Å². The lowest BCUT2D eigenvalue weighted by atomic mass is 9.87. The van der Waals surface area contributed by atoms with Crippen LogP contribution in [-0.4, -0.2) is 9.97 Å². The first-order valence-corrected chi connectivity index (χ1v) is 5.34. The molecule has 0 spiro atoms. The summed E-state index contributed by atoms with van der Waals surface area (Å²) in [6, 6.07) is 1.97. The van der Waals surface area contributed by atoms with E-state index in [4.69, 9.17) is 4.42 Å². The maximum Gasteiger partial charge on any atom is 0.345 e. The van der Waals surface area contributed by atoms with Gasteiger partial charge in [-0.1, -0.05) is 6.92 Å². The minimum absolute atomic E-state index is 0.308. The van der Waals surface area contributed by atoms with Gasteiger partial charge in [-0.3, -0.25) is 0 Å². The fourth-order valence-electron chi connectivity index (χ4n) is 2.31. The molecule has 1 N–H and O–H groups in total. The van der Waals surface area contributed by atoms with Gasteiger partial charge in [0.05, 0.1) is 5.69 Å². The lowest BCUT2D eigenvalue weighted by molar-refractivity contribution is 0.467. The van der Waals surface area contributed by atoms with E-state index >= 15 is 0 Å². The number of hydrogen-bond donors (Lipinski definition) is 1. The van der Waals surface area contributed by atoms with Crippen molar-refractivity contribution >= 4 is 0 Å². The highest BCUT2D eigenvalue weighted by Gasteiger charge is 2.25. The molecule has 0 saturated carbocycles. The van der Waals surface area contributed by atoms with Crippen LogP contribution >= 0.6 is 0 Å². The van der Waals surface area contributed by atoms with E-state index in [0.29, 0.717) is 5.92 Å². The SMILES string of the molecule is Cc1cc2c(o1)CC(C)c1cnc(=O)[nH]c1-2. The lowest BCUT2D eigenvalue weighted by Gasteiger charge is -2.19. The van der Waals surface area contributed by atoms with Gasteiger partial charge >= 0.3 is 5.69 Å². The molecule has 82 valence electrons. The molecule has 1 atom stereocenters. The number of nitrogens with zero attached hydrogens (tertiary/aromatic N) is 1. The second kappa shape index (κ2) is 3.07. The van der Waals surface area contributed by atoms with Gasteiger partial charge in [-0.2, -0.15) is 0 Å². The number of fused-ring (bicyclic) bond motifs is 3. The molecule has 2 aromatic heterocycles. The molecular weight excluding hydrogens is 204 g/mol. The first-order chi connectivity index (χ1) is 7.65. The second-order valence-electron chi connectivity index (χ2n) is 4.32. The van der Waals surface area contributed by atoms with Gasteiger partial charge in [0, 0.05) is 18.2 Å². The highest BCUT2D eigenvalue weighted by atomic mass is 16.3. The Morgan fingerprint density at radius 3 is 3.19 bits per heavy atom. The van der Waals surface area contributed by atoms with Crippen LogP contribution in [0, 0.1) is 6.92 Å². The van der Waals surface area contributed by atoms with Crippen molar-refractivity contribution in [1.82, 2.24) is 9.97 Å². The lowest BCUT2D eigenvalue weighted by Crippen LogP contribution is -2.17. The second-order valence-corrected chi connectivity index (χ2v) is 4.32. The van der Waals surface area contributed by atoms with Gasteiger partial charge in [0.25, 0.3) is 0 Å². The summed E-state index contributed by atoms with van der Waals surface area (Å²) in [4.78, 5) is 17.8. The van der Waals surface area contributed by atoms with Gasteiger partial charge in [-0.15, -0.1) is 0 Å².